The molecule has 1 aliphatic rings. The van der Waals surface area contributed by atoms with Gasteiger partial charge >= 0.3 is 5.97 Å². The number of hydrogen-bond acceptors (Lipinski definition) is 5. The fourth-order valence-electron chi connectivity index (χ4n) is 2.85. The smallest absolute Gasteiger partial charge is 0.306 e. The summed E-state index contributed by atoms with van der Waals surface area (Å²) < 4.78 is 4.78. The first kappa shape index (κ1) is 21.0. The van der Waals surface area contributed by atoms with E-state index in [1.165, 1.54) is 0 Å². The number of benzene rings is 1. The molecule has 148 valence electrons. The average molecular weight is 384 g/mol. The van der Waals surface area contributed by atoms with E-state index in [4.69, 9.17) is 15.9 Å². The van der Waals surface area contributed by atoms with Crippen molar-refractivity contribution in [1.29, 1.82) is 5.41 Å². The Labute approximate surface area is 163 Å². The van der Waals surface area contributed by atoms with Crippen molar-refractivity contribution in [3.05, 3.63) is 29.8 Å². The van der Waals surface area contributed by atoms with Crippen LogP contribution in [0, 0.1) is 23.3 Å². The van der Waals surface area contributed by atoms with Crippen molar-refractivity contribution in [1.82, 2.24) is 5.32 Å². The SMILES string of the molecule is CCOC(=O)CCC#CNC(=O)C[C@@H]1CCN(c2ccc(C(=N)N)cc2)C1=O. The second-order valence-electron chi connectivity index (χ2n) is 6.30. The molecule has 0 unspecified atom stereocenters. The van der Waals surface area contributed by atoms with E-state index in [-0.39, 0.29) is 36.5 Å². The van der Waals surface area contributed by atoms with Gasteiger partial charge in [0.25, 0.3) is 0 Å². The van der Waals surface area contributed by atoms with E-state index in [1.54, 1.807) is 36.1 Å². The maximum absolute atomic E-state index is 12.6. The largest absolute Gasteiger partial charge is 0.466 e. The van der Waals surface area contributed by atoms with Crippen molar-refractivity contribution in [2.24, 2.45) is 11.7 Å². The molecule has 28 heavy (non-hydrogen) atoms. The van der Waals surface area contributed by atoms with E-state index >= 15 is 0 Å². The molecule has 8 nitrogen and oxygen atoms in total. The molecule has 2 amide bonds. The number of nitrogens with two attached hydrogens (primary N) is 1. The highest BCUT2D eigenvalue weighted by Gasteiger charge is 2.33. The van der Waals surface area contributed by atoms with Crippen LogP contribution in [0.4, 0.5) is 5.69 Å². The normalized spacial score (nSPS) is 15.5. The molecule has 1 atom stereocenters. The van der Waals surface area contributed by atoms with Crippen LogP contribution in [0.2, 0.25) is 0 Å². The Morgan fingerprint density at radius 2 is 2.07 bits per heavy atom. The number of nitrogens with one attached hydrogen (secondary N) is 2. The summed E-state index contributed by atoms with van der Waals surface area (Å²) in [5.41, 5.74) is 6.74. The maximum atomic E-state index is 12.6. The van der Waals surface area contributed by atoms with E-state index in [1.807, 2.05) is 0 Å². The molecule has 0 aromatic heterocycles. The molecule has 1 aliphatic heterocycles. The first-order valence-electron chi connectivity index (χ1n) is 9.10. The quantitative estimate of drug-likeness (QED) is 0.214. The number of nitrogens with zero attached hydrogens (tertiary/aromatic N) is 1. The van der Waals surface area contributed by atoms with Crippen molar-refractivity contribution in [3.63, 3.8) is 0 Å². The van der Waals surface area contributed by atoms with Crippen LogP contribution >= 0.6 is 0 Å². The van der Waals surface area contributed by atoms with Gasteiger partial charge in [-0.05, 0) is 37.6 Å². The van der Waals surface area contributed by atoms with Gasteiger partial charge in [-0.15, -0.1) is 0 Å². The van der Waals surface area contributed by atoms with E-state index in [9.17, 15) is 14.4 Å². The first-order valence-corrected chi connectivity index (χ1v) is 9.10. The average Bonchev–Trinajstić information content (AvgIpc) is 3.02. The van der Waals surface area contributed by atoms with Gasteiger partial charge in [-0.1, -0.05) is 5.92 Å². The van der Waals surface area contributed by atoms with Gasteiger partial charge in [0.1, 0.15) is 5.84 Å². The monoisotopic (exact) mass is 384 g/mol. The number of esters is 1. The molecule has 1 aromatic carbocycles. The third-order valence-corrected chi connectivity index (χ3v) is 4.29. The Morgan fingerprint density at radius 1 is 1.36 bits per heavy atom. The summed E-state index contributed by atoms with van der Waals surface area (Å²) in [6.07, 6.45) is 1.12. The lowest BCUT2D eigenvalue weighted by Crippen LogP contribution is -2.29. The van der Waals surface area contributed by atoms with E-state index in [0.717, 1.165) is 5.69 Å². The number of carbonyl (C=O) groups excluding carboxylic acids is 3. The highest BCUT2D eigenvalue weighted by molar-refractivity contribution is 6.00. The van der Waals surface area contributed by atoms with Crippen molar-refractivity contribution in [2.75, 3.05) is 18.1 Å². The lowest BCUT2D eigenvalue weighted by molar-refractivity contribution is -0.143. The lowest BCUT2D eigenvalue weighted by atomic mass is 10.0. The molecule has 1 heterocycles. The van der Waals surface area contributed by atoms with Gasteiger partial charge in [0.05, 0.1) is 13.0 Å². The molecule has 1 aromatic rings. The van der Waals surface area contributed by atoms with Crippen molar-refractivity contribution in [2.45, 2.75) is 32.6 Å². The molecule has 0 spiro atoms. The van der Waals surface area contributed by atoms with Gasteiger partial charge < -0.3 is 15.4 Å². The molecule has 8 heteroatoms. The highest BCUT2D eigenvalue weighted by Crippen LogP contribution is 2.27. The van der Waals surface area contributed by atoms with Crippen LogP contribution in [0.25, 0.3) is 0 Å². The minimum absolute atomic E-state index is 0.0304. The van der Waals surface area contributed by atoms with Gasteiger partial charge in [0, 0.05) is 42.6 Å². The van der Waals surface area contributed by atoms with Gasteiger partial charge in [0.2, 0.25) is 11.8 Å². The van der Waals surface area contributed by atoms with Crippen molar-refractivity contribution < 1.29 is 19.1 Å². The van der Waals surface area contributed by atoms with Crippen LogP contribution in [0.1, 0.15) is 38.2 Å². The summed E-state index contributed by atoms with van der Waals surface area (Å²) in [5, 5.41) is 9.85. The Kier molecular flexibility index (Phi) is 7.57. The predicted molar refractivity (Wildman–Crippen MR) is 104 cm³/mol. The minimum atomic E-state index is -0.395. The molecule has 0 radical (unpaired) electrons. The zero-order chi connectivity index (χ0) is 20.5. The van der Waals surface area contributed by atoms with Crippen molar-refractivity contribution in [3.8, 4) is 12.0 Å². The first-order chi connectivity index (χ1) is 13.4. The summed E-state index contributed by atoms with van der Waals surface area (Å²) in [6, 6.07) is 9.38. The molecular formula is C20H24N4O4. The second-order valence-corrected chi connectivity index (χ2v) is 6.30. The highest BCUT2D eigenvalue weighted by atomic mass is 16.5. The number of ether oxygens (including phenoxy) is 1. The summed E-state index contributed by atoms with van der Waals surface area (Å²) >= 11 is 0. The standard InChI is InChI=1S/C20H24N4O4/c1-2-28-18(26)5-3-4-11-23-17(25)13-15-10-12-24(20(15)27)16-8-6-14(7-9-16)19(21)22/h6-9,15H,2-3,5,10,12-13H2,1H3,(H3,21,22)(H,23,25)/t15-/m0/s1. The summed E-state index contributed by atoms with van der Waals surface area (Å²) in [5.74, 6) is 1.50. The van der Waals surface area contributed by atoms with E-state index < -0.39 is 5.92 Å². The molecule has 1 saturated heterocycles. The molecule has 2 rings (SSSR count). The summed E-state index contributed by atoms with van der Waals surface area (Å²) in [6.45, 7) is 2.59. The fourth-order valence-corrected chi connectivity index (χ4v) is 2.85. The molecule has 0 bridgehead atoms. The summed E-state index contributed by atoms with van der Waals surface area (Å²) in [4.78, 5) is 37.4. The summed E-state index contributed by atoms with van der Waals surface area (Å²) in [7, 11) is 0. The predicted octanol–water partition coefficient (Wildman–Crippen LogP) is 1.13. The molecule has 1 fully saturated rings. The number of hydrogen-bond donors (Lipinski definition) is 3. The maximum Gasteiger partial charge on any atom is 0.306 e. The van der Waals surface area contributed by atoms with Crippen LogP contribution < -0.4 is 16.0 Å². The van der Waals surface area contributed by atoms with Gasteiger partial charge in [-0.25, -0.2) is 0 Å². The molecule has 4 N–H and O–H groups in total. The zero-order valence-corrected chi connectivity index (χ0v) is 15.8. The number of nitrogen functional groups attached to an aromatic ring is 1. The lowest BCUT2D eigenvalue weighted by Gasteiger charge is -2.17. The Morgan fingerprint density at radius 3 is 2.71 bits per heavy atom. The number of amidine groups is 1. The zero-order valence-electron chi connectivity index (χ0n) is 15.8. The topological polar surface area (TPSA) is 126 Å². The Bertz CT molecular complexity index is 808. The van der Waals surface area contributed by atoms with Crippen LogP contribution in [-0.2, 0) is 19.1 Å². The van der Waals surface area contributed by atoms with Crippen LogP contribution in [0.15, 0.2) is 24.3 Å². The fraction of sp³-hybridized carbons (Fsp3) is 0.400. The number of amides is 2. The minimum Gasteiger partial charge on any atom is -0.466 e. The Balaban J connectivity index is 1.81. The van der Waals surface area contributed by atoms with Crippen LogP contribution in [0.5, 0.6) is 0 Å². The number of carbonyl (C=O) groups is 3. The number of rotatable bonds is 7. The molecule has 0 aliphatic carbocycles. The van der Waals surface area contributed by atoms with Gasteiger partial charge in [0.15, 0.2) is 0 Å². The van der Waals surface area contributed by atoms with Gasteiger partial charge in [-0.3, -0.25) is 25.1 Å². The Hall–Kier alpha value is -3.34. The van der Waals surface area contributed by atoms with E-state index in [2.05, 4.69) is 17.3 Å². The third kappa shape index (κ3) is 5.84. The number of anilines is 1. The van der Waals surface area contributed by atoms with E-state index in [0.29, 0.717) is 31.6 Å². The van der Waals surface area contributed by atoms with Gasteiger partial charge in [-0.2, -0.15) is 0 Å². The molecular weight excluding hydrogens is 360 g/mol. The van der Waals surface area contributed by atoms with Crippen LogP contribution in [-0.4, -0.2) is 36.8 Å². The van der Waals surface area contributed by atoms with Crippen molar-refractivity contribution >= 4 is 29.3 Å². The van der Waals surface area contributed by atoms with Crippen LogP contribution in [0.3, 0.4) is 0 Å². The third-order valence-electron chi connectivity index (χ3n) is 4.29. The molecule has 0 saturated carbocycles. The second kappa shape index (κ2) is 10.1.